The molecule has 0 bridgehead atoms. The standard InChI is InChI=1S/C12H14ClFN2O/c1-2-16(8-6-15-7-8)12(17)11-9(13)4-3-5-10(11)14/h3-5,8,15H,2,6-7H2,1H3. The van der Waals surface area contributed by atoms with Crippen molar-refractivity contribution in [2.24, 2.45) is 0 Å². The van der Waals surface area contributed by atoms with E-state index in [1.54, 1.807) is 4.90 Å². The van der Waals surface area contributed by atoms with Crippen LogP contribution in [0.15, 0.2) is 18.2 Å². The summed E-state index contributed by atoms with van der Waals surface area (Å²) in [4.78, 5) is 13.9. The number of nitrogens with zero attached hydrogens (tertiary/aromatic N) is 1. The van der Waals surface area contributed by atoms with Gasteiger partial charge in [-0.2, -0.15) is 0 Å². The lowest BCUT2D eigenvalue weighted by atomic mass is 10.1. The monoisotopic (exact) mass is 256 g/mol. The van der Waals surface area contributed by atoms with E-state index in [0.29, 0.717) is 6.54 Å². The first kappa shape index (κ1) is 12.3. The van der Waals surface area contributed by atoms with Gasteiger partial charge in [-0.15, -0.1) is 0 Å². The van der Waals surface area contributed by atoms with Crippen molar-refractivity contribution >= 4 is 17.5 Å². The maximum atomic E-state index is 13.6. The molecule has 5 heteroatoms. The Bertz CT molecular complexity index is 414. The van der Waals surface area contributed by atoms with Crippen molar-refractivity contribution in [3.05, 3.63) is 34.6 Å². The predicted molar refractivity (Wildman–Crippen MR) is 64.8 cm³/mol. The third-order valence-electron chi connectivity index (χ3n) is 2.98. The van der Waals surface area contributed by atoms with Crippen LogP contribution < -0.4 is 5.32 Å². The van der Waals surface area contributed by atoms with Crippen LogP contribution in [0.5, 0.6) is 0 Å². The van der Waals surface area contributed by atoms with Crippen molar-refractivity contribution in [2.75, 3.05) is 19.6 Å². The molecule has 0 unspecified atom stereocenters. The molecule has 17 heavy (non-hydrogen) atoms. The van der Waals surface area contributed by atoms with E-state index < -0.39 is 5.82 Å². The normalized spacial score (nSPS) is 15.5. The molecule has 1 aliphatic rings. The Hall–Kier alpha value is -1.13. The van der Waals surface area contributed by atoms with Gasteiger partial charge in [-0.25, -0.2) is 4.39 Å². The quantitative estimate of drug-likeness (QED) is 0.896. The summed E-state index contributed by atoms with van der Waals surface area (Å²) in [5.74, 6) is -0.893. The zero-order chi connectivity index (χ0) is 12.4. The minimum absolute atomic E-state index is 0.0251. The summed E-state index contributed by atoms with van der Waals surface area (Å²) < 4.78 is 13.6. The zero-order valence-electron chi connectivity index (χ0n) is 9.54. The van der Waals surface area contributed by atoms with Crippen LogP contribution in [0, 0.1) is 5.82 Å². The van der Waals surface area contributed by atoms with Crippen LogP contribution in [0.3, 0.4) is 0 Å². The Morgan fingerprint density at radius 3 is 2.76 bits per heavy atom. The lowest BCUT2D eigenvalue weighted by Gasteiger charge is -2.37. The maximum Gasteiger partial charge on any atom is 0.258 e. The van der Waals surface area contributed by atoms with E-state index in [9.17, 15) is 9.18 Å². The molecule has 1 saturated heterocycles. The lowest BCUT2D eigenvalue weighted by Crippen LogP contribution is -2.58. The highest BCUT2D eigenvalue weighted by Gasteiger charge is 2.30. The molecular formula is C12H14ClFN2O. The van der Waals surface area contributed by atoms with Gasteiger partial charge in [-0.1, -0.05) is 17.7 Å². The first-order valence-corrected chi connectivity index (χ1v) is 5.98. The summed E-state index contributed by atoms with van der Waals surface area (Å²) in [5.41, 5.74) is -0.0251. The van der Waals surface area contributed by atoms with Gasteiger partial charge in [0.2, 0.25) is 0 Å². The number of carbonyl (C=O) groups excluding carboxylic acids is 1. The molecule has 2 rings (SSSR count). The molecule has 0 aromatic heterocycles. The Kier molecular flexibility index (Phi) is 3.64. The van der Waals surface area contributed by atoms with Crippen LogP contribution in [0.2, 0.25) is 5.02 Å². The van der Waals surface area contributed by atoms with Crippen LogP contribution in [-0.4, -0.2) is 36.5 Å². The predicted octanol–water partition coefficient (Wildman–Crippen LogP) is 1.91. The molecule has 3 nitrogen and oxygen atoms in total. The number of hydrogen-bond acceptors (Lipinski definition) is 2. The molecule has 1 heterocycles. The number of nitrogens with one attached hydrogen (secondary N) is 1. The van der Waals surface area contributed by atoms with Crippen LogP contribution in [-0.2, 0) is 0 Å². The summed E-state index contributed by atoms with van der Waals surface area (Å²) in [6.45, 7) is 3.94. The van der Waals surface area contributed by atoms with Gasteiger partial charge in [-0.05, 0) is 19.1 Å². The van der Waals surface area contributed by atoms with Crippen LogP contribution in [0.25, 0.3) is 0 Å². The molecule has 1 aromatic carbocycles. The van der Waals surface area contributed by atoms with Gasteiger partial charge < -0.3 is 10.2 Å². The van der Waals surface area contributed by atoms with E-state index in [1.165, 1.54) is 18.2 Å². The SMILES string of the molecule is CCN(C(=O)c1c(F)cccc1Cl)C1CNC1. The lowest BCUT2D eigenvalue weighted by molar-refractivity contribution is 0.0625. The average Bonchev–Trinajstić information content (AvgIpc) is 2.22. The highest BCUT2D eigenvalue weighted by molar-refractivity contribution is 6.33. The minimum atomic E-state index is -0.562. The maximum absolute atomic E-state index is 13.6. The van der Waals surface area contributed by atoms with E-state index in [4.69, 9.17) is 11.6 Å². The Balaban J connectivity index is 2.28. The number of halogens is 2. The molecule has 1 fully saturated rings. The molecule has 0 saturated carbocycles. The van der Waals surface area contributed by atoms with Gasteiger partial charge in [0.25, 0.3) is 5.91 Å². The van der Waals surface area contributed by atoms with Gasteiger partial charge in [0.05, 0.1) is 16.6 Å². The van der Waals surface area contributed by atoms with E-state index >= 15 is 0 Å². The molecule has 1 aliphatic heterocycles. The molecule has 0 aliphatic carbocycles. The summed E-state index contributed by atoms with van der Waals surface area (Å²) in [6.07, 6.45) is 0. The van der Waals surface area contributed by atoms with E-state index in [0.717, 1.165) is 13.1 Å². The van der Waals surface area contributed by atoms with Gasteiger partial charge in [0.1, 0.15) is 5.82 Å². The van der Waals surface area contributed by atoms with Gasteiger partial charge in [-0.3, -0.25) is 4.79 Å². The Morgan fingerprint density at radius 2 is 2.29 bits per heavy atom. The first-order valence-electron chi connectivity index (χ1n) is 5.60. The molecule has 1 aromatic rings. The number of hydrogen-bond donors (Lipinski definition) is 1. The fraction of sp³-hybridized carbons (Fsp3) is 0.417. The third kappa shape index (κ3) is 2.28. The molecule has 1 amide bonds. The van der Waals surface area contributed by atoms with Crippen molar-refractivity contribution in [3.8, 4) is 0 Å². The van der Waals surface area contributed by atoms with Crippen LogP contribution in [0.4, 0.5) is 4.39 Å². The summed E-state index contributed by atoms with van der Waals surface area (Å²) in [7, 11) is 0. The second-order valence-corrected chi connectivity index (χ2v) is 4.41. The van der Waals surface area contributed by atoms with Crippen molar-refractivity contribution < 1.29 is 9.18 Å². The Labute approximate surface area is 105 Å². The van der Waals surface area contributed by atoms with E-state index in [-0.39, 0.29) is 22.5 Å². The van der Waals surface area contributed by atoms with Crippen molar-refractivity contribution in [2.45, 2.75) is 13.0 Å². The van der Waals surface area contributed by atoms with Crippen LogP contribution in [0.1, 0.15) is 17.3 Å². The molecule has 1 N–H and O–H groups in total. The molecule has 92 valence electrons. The van der Waals surface area contributed by atoms with Crippen LogP contribution >= 0.6 is 11.6 Å². The smallest absolute Gasteiger partial charge is 0.258 e. The number of rotatable bonds is 3. The average molecular weight is 257 g/mol. The second-order valence-electron chi connectivity index (χ2n) is 4.00. The topological polar surface area (TPSA) is 32.3 Å². The minimum Gasteiger partial charge on any atom is -0.333 e. The molecular weight excluding hydrogens is 243 g/mol. The highest BCUT2D eigenvalue weighted by Crippen LogP contribution is 2.22. The van der Waals surface area contributed by atoms with Gasteiger partial charge in [0, 0.05) is 19.6 Å². The summed E-state index contributed by atoms with van der Waals surface area (Å²) in [6, 6.07) is 4.43. The highest BCUT2D eigenvalue weighted by atomic mass is 35.5. The number of carbonyl (C=O) groups is 1. The molecule has 0 atom stereocenters. The van der Waals surface area contributed by atoms with E-state index in [1.807, 2.05) is 6.92 Å². The van der Waals surface area contributed by atoms with Crippen molar-refractivity contribution in [3.63, 3.8) is 0 Å². The van der Waals surface area contributed by atoms with E-state index in [2.05, 4.69) is 5.32 Å². The fourth-order valence-corrected chi connectivity index (χ4v) is 2.15. The molecule has 0 radical (unpaired) electrons. The summed E-state index contributed by atoms with van der Waals surface area (Å²) >= 11 is 5.89. The largest absolute Gasteiger partial charge is 0.333 e. The third-order valence-corrected chi connectivity index (χ3v) is 3.29. The molecule has 0 spiro atoms. The number of benzene rings is 1. The zero-order valence-corrected chi connectivity index (χ0v) is 10.3. The fourth-order valence-electron chi connectivity index (χ4n) is 1.91. The Morgan fingerprint density at radius 1 is 1.59 bits per heavy atom. The van der Waals surface area contributed by atoms with Gasteiger partial charge >= 0.3 is 0 Å². The van der Waals surface area contributed by atoms with Crippen molar-refractivity contribution in [1.82, 2.24) is 10.2 Å². The van der Waals surface area contributed by atoms with Crippen molar-refractivity contribution in [1.29, 1.82) is 0 Å². The number of likely N-dealkylation sites (N-methyl/N-ethyl adjacent to an activating group) is 1. The number of amides is 1. The second kappa shape index (κ2) is 5.02. The first-order chi connectivity index (χ1) is 8.15. The summed E-state index contributed by atoms with van der Waals surface area (Å²) in [5, 5.41) is 3.26. The van der Waals surface area contributed by atoms with Gasteiger partial charge in [0.15, 0.2) is 0 Å².